The Balaban J connectivity index is 2.00. The van der Waals surface area contributed by atoms with Gasteiger partial charge in [0.1, 0.15) is 23.2 Å². The smallest absolute Gasteiger partial charge is 0.134 e. The van der Waals surface area contributed by atoms with Crippen molar-refractivity contribution in [1.82, 2.24) is 5.32 Å². The molecule has 5 heteroatoms. The number of fused-ring (bicyclic) bond motifs is 1. The van der Waals surface area contributed by atoms with Gasteiger partial charge in [-0.1, -0.05) is 6.92 Å². The zero-order valence-electron chi connectivity index (χ0n) is 11.5. The molecule has 0 radical (unpaired) electrons. The molecule has 0 aliphatic rings. The summed E-state index contributed by atoms with van der Waals surface area (Å²) in [6.07, 6.45) is 1.04. The highest BCUT2D eigenvalue weighted by Crippen LogP contribution is 2.34. The molecule has 21 heavy (non-hydrogen) atoms. The van der Waals surface area contributed by atoms with Gasteiger partial charge < -0.3 is 9.73 Å². The second kappa shape index (κ2) is 6.30. The molecule has 0 aliphatic carbocycles. The Morgan fingerprint density at radius 3 is 2.86 bits per heavy atom. The summed E-state index contributed by atoms with van der Waals surface area (Å²) < 4.78 is 20.3. The molecule has 0 spiro atoms. The van der Waals surface area contributed by atoms with Gasteiger partial charge in [-0.05, 0) is 65.3 Å². The fourth-order valence-corrected chi connectivity index (χ4v) is 3.80. The first-order valence-electron chi connectivity index (χ1n) is 6.85. The van der Waals surface area contributed by atoms with Gasteiger partial charge in [-0.25, -0.2) is 4.39 Å². The quantitative estimate of drug-likeness (QED) is 0.645. The van der Waals surface area contributed by atoms with E-state index in [4.69, 9.17) is 4.42 Å². The van der Waals surface area contributed by atoms with Crippen LogP contribution >= 0.6 is 27.3 Å². The molecule has 2 aromatic heterocycles. The minimum Gasteiger partial charge on any atom is -0.459 e. The van der Waals surface area contributed by atoms with E-state index in [2.05, 4.69) is 34.2 Å². The van der Waals surface area contributed by atoms with Crippen LogP contribution in [0.25, 0.3) is 11.0 Å². The van der Waals surface area contributed by atoms with Crippen LogP contribution in [-0.2, 0) is 0 Å². The average molecular weight is 368 g/mol. The number of hydrogen-bond acceptors (Lipinski definition) is 3. The Morgan fingerprint density at radius 1 is 1.29 bits per heavy atom. The lowest BCUT2D eigenvalue weighted by molar-refractivity contribution is 0.473. The van der Waals surface area contributed by atoms with Crippen molar-refractivity contribution in [2.45, 2.75) is 19.4 Å². The molecule has 0 fully saturated rings. The number of furan rings is 1. The van der Waals surface area contributed by atoms with E-state index >= 15 is 0 Å². The molecule has 2 nitrogen and oxygen atoms in total. The molecule has 1 unspecified atom stereocenters. The predicted molar refractivity (Wildman–Crippen MR) is 88.3 cm³/mol. The van der Waals surface area contributed by atoms with E-state index in [0.717, 1.165) is 27.9 Å². The predicted octanol–water partition coefficient (Wildman–Crippen LogP) is 5.48. The van der Waals surface area contributed by atoms with Crippen LogP contribution in [0.5, 0.6) is 0 Å². The molecule has 0 aliphatic heterocycles. The Morgan fingerprint density at radius 2 is 2.14 bits per heavy atom. The van der Waals surface area contributed by atoms with Crippen LogP contribution in [0.15, 0.2) is 44.6 Å². The van der Waals surface area contributed by atoms with Crippen molar-refractivity contribution in [3.8, 4) is 0 Å². The number of nitrogens with one attached hydrogen (secondary N) is 1. The maximum atomic E-state index is 13.3. The summed E-state index contributed by atoms with van der Waals surface area (Å²) in [4.78, 5) is 1.18. The van der Waals surface area contributed by atoms with Crippen molar-refractivity contribution in [3.05, 3.63) is 56.6 Å². The second-order valence-corrected chi connectivity index (χ2v) is 7.35. The van der Waals surface area contributed by atoms with Crippen molar-refractivity contribution in [1.29, 1.82) is 0 Å². The zero-order chi connectivity index (χ0) is 14.8. The molecule has 0 saturated heterocycles. The van der Waals surface area contributed by atoms with Gasteiger partial charge in [0.2, 0.25) is 0 Å². The maximum Gasteiger partial charge on any atom is 0.134 e. The second-order valence-electron chi connectivity index (χ2n) is 4.86. The summed E-state index contributed by atoms with van der Waals surface area (Å²) in [7, 11) is 0. The lowest BCUT2D eigenvalue weighted by atomic mass is 10.1. The van der Waals surface area contributed by atoms with Crippen molar-refractivity contribution >= 4 is 38.2 Å². The maximum absolute atomic E-state index is 13.3. The van der Waals surface area contributed by atoms with Crippen LogP contribution in [0.4, 0.5) is 4.39 Å². The zero-order valence-corrected chi connectivity index (χ0v) is 13.9. The fourth-order valence-electron chi connectivity index (χ4n) is 2.29. The van der Waals surface area contributed by atoms with E-state index in [1.807, 2.05) is 12.1 Å². The number of thiophene rings is 1. The number of benzene rings is 1. The average Bonchev–Trinajstić information content (AvgIpc) is 3.05. The van der Waals surface area contributed by atoms with Crippen LogP contribution in [0.2, 0.25) is 0 Å². The molecule has 1 aromatic carbocycles. The molecule has 110 valence electrons. The summed E-state index contributed by atoms with van der Waals surface area (Å²) in [5.74, 6) is 0.574. The molecule has 1 atom stereocenters. The van der Waals surface area contributed by atoms with E-state index in [1.165, 1.54) is 17.0 Å². The Bertz CT molecular complexity index is 752. The Labute approximate surface area is 135 Å². The van der Waals surface area contributed by atoms with Crippen molar-refractivity contribution in [2.24, 2.45) is 0 Å². The van der Waals surface area contributed by atoms with Gasteiger partial charge in [0, 0.05) is 10.3 Å². The largest absolute Gasteiger partial charge is 0.459 e. The van der Waals surface area contributed by atoms with E-state index in [-0.39, 0.29) is 11.9 Å². The van der Waals surface area contributed by atoms with Gasteiger partial charge in [-0.3, -0.25) is 0 Å². The van der Waals surface area contributed by atoms with E-state index in [9.17, 15) is 4.39 Å². The number of hydrogen-bond donors (Lipinski definition) is 1. The van der Waals surface area contributed by atoms with Gasteiger partial charge in [0.25, 0.3) is 0 Å². The monoisotopic (exact) mass is 367 g/mol. The molecule has 1 N–H and O–H groups in total. The molecule has 0 bridgehead atoms. The molecular weight excluding hydrogens is 353 g/mol. The van der Waals surface area contributed by atoms with Crippen LogP contribution in [0.3, 0.4) is 0 Å². The first-order chi connectivity index (χ1) is 10.2. The van der Waals surface area contributed by atoms with Crippen molar-refractivity contribution in [3.63, 3.8) is 0 Å². The third-order valence-electron chi connectivity index (χ3n) is 3.26. The molecule has 3 aromatic rings. The Kier molecular flexibility index (Phi) is 4.42. The summed E-state index contributed by atoms with van der Waals surface area (Å²) in [6, 6.07) is 10.6. The summed E-state index contributed by atoms with van der Waals surface area (Å²) in [6.45, 7) is 3.02. The van der Waals surface area contributed by atoms with Gasteiger partial charge in [-0.2, -0.15) is 0 Å². The van der Waals surface area contributed by atoms with E-state index in [0.29, 0.717) is 5.58 Å². The molecule has 0 amide bonds. The fraction of sp³-hybridized carbons (Fsp3) is 0.250. The van der Waals surface area contributed by atoms with Crippen LogP contribution in [-0.4, -0.2) is 6.54 Å². The molecule has 3 rings (SSSR count). The lowest BCUT2D eigenvalue weighted by Crippen LogP contribution is -2.21. The normalized spacial score (nSPS) is 12.9. The molecular formula is C16H15BrFNOS. The third kappa shape index (κ3) is 3.20. The van der Waals surface area contributed by atoms with Crippen LogP contribution < -0.4 is 5.32 Å². The first-order valence-corrected chi connectivity index (χ1v) is 8.46. The number of halogens is 2. The standard InChI is InChI=1S/C16H15BrFNOS/c1-2-7-19-16(14-5-6-15(17)21-14)13-9-10-8-11(18)3-4-12(10)20-13/h3-6,8-9,16,19H,2,7H2,1H3. The summed E-state index contributed by atoms with van der Waals surface area (Å²) >= 11 is 5.17. The highest BCUT2D eigenvalue weighted by molar-refractivity contribution is 9.11. The van der Waals surface area contributed by atoms with Crippen LogP contribution in [0, 0.1) is 5.82 Å². The highest BCUT2D eigenvalue weighted by Gasteiger charge is 2.19. The minimum atomic E-state index is -0.244. The molecule has 2 heterocycles. The first kappa shape index (κ1) is 14.8. The highest BCUT2D eigenvalue weighted by atomic mass is 79.9. The van der Waals surface area contributed by atoms with E-state index in [1.54, 1.807) is 17.4 Å². The van der Waals surface area contributed by atoms with Gasteiger partial charge >= 0.3 is 0 Å². The van der Waals surface area contributed by atoms with Crippen molar-refractivity contribution in [2.75, 3.05) is 6.54 Å². The topological polar surface area (TPSA) is 25.2 Å². The van der Waals surface area contributed by atoms with Gasteiger partial charge in [0.05, 0.1) is 3.79 Å². The van der Waals surface area contributed by atoms with Crippen LogP contribution in [0.1, 0.15) is 30.0 Å². The third-order valence-corrected chi connectivity index (χ3v) is 4.95. The van der Waals surface area contributed by atoms with Gasteiger partial charge in [0.15, 0.2) is 0 Å². The number of rotatable bonds is 5. The van der Waals surface area contributed by atoms with Crippen molar-refractivity contribution < 1.29 is 8.81 Å². The minimum absolute atomic E-state index is 0.00305. The van der Waals surface area contributed by atoms with E-state index < -0.39 is 0 Å². The Hall–Kier alpha value is -1.17. The van der Waals surface area contributed by atoms with Gasteiger partial charge in [-0.15, -0.1) is 11.3 Å². The summed E-state index contributed by atoms with van der Waals surface area (Å²) in [5, 5.41) is 4.29. The SMILES string of the molecule is CCCNC(c1cc2cc(F)ccc2o1)c1ccc(Br)s1. The molecule has 0 saturated carbocycles. The summed E-state index contributed by atoms with van der Waals surface area (Å²) in [5.41, 5.74) is 0.713. The lowest BCUT2D eigenvalue weighted by Gasteiger charge is -2.14.